The van der Waals surface area contributed by atoms with E-state index in [1.807, 2.05) is 6.92 Å². The third-order valence-corrected chi connectivity index (χ3v) is 2.73. The van der Waals surface area contributed by atoms with Crippen molar-refractivity contribution < 1.29 is 4.39 Å². The maximum absolute atomic E-state index is 13.7. The van der Waals surface area contributed by atoms with Gasteiger partial charge in [0.25, 0.3) is 0 Å². The number of aryl methyl sites for hydroxylation is 1. The molecule has 0 aromatic carbocycles. The number of nitrogen functional groups attached to an aromatic ring is 1. The van der Waals surface area contributed by atoms with Crippen molar-refractivity contribution in [3.05, 3.63) is 35.7 Å². The molecule has 0 atom stereocenters. The van der Waals surface area contributed by atoms with Crippen LogP contribution in [0.5, 0.6) is 0 Å². The van der Waals surface area contributed by atoms with Crippen LogP contribution >= 0.6 is 0 Å². The van der Waals surface area contributed by atoms with Gasteiger partial charge in [0.05, 0.1) is 11.9 Å². The molecule has 94 valence electrons. The highest BCUT2D eigenvalue weighted by molar-refractivity contribution is 5.67. The summed E-state index contributed by atoms with van der Waals surface area (Å²) in [6, 6.07) is 1.60. The normalized spacial score (nSPS) is 10.6. The molecule has 0 fully saturated rings. The average Bonchev–Trinajstić information content (AvgIpc) is 2.35. The van der Waals surface area contributed by atoms with Gasteiger partial charge in [-0.1, -0.05) is 6.92 Å². The van der Waals surface area contributed by atoms with Gasteiger partial charge in [-0.15, -0.1) is 0 Å². The molecule has 2 aromatic rings. The van der Waals surface area contributed by atoms with E-state index in [1.54, 1.807) is 13.0 Å². The van der Waals surface area contributed by atoms with Crippen molar-refractivity contribution in [2.75, 3.05) is 5.73 Å². The maximum Gasteiger partial charge on any atom is 0.150 e. The number of hydrogen-bond acceptors (Lipinski definition) is 4. The van der Waals surface area contributed by atoms with Crippen LogP contribution in [0.4, 0.5) is 10.2 Å². The third-order valence-electron chi connectivity index (χ3n) is 2.73. The Morgan fingerprint density at radius 3 is 2.78 bits per heavy atom. The molecule has 0 saturated carbocycles. The van der Waals surface area contributed by atoms with Crippen LogP contribution in [0.2, 0.25) is 0 Å². The Hall–Kier alpha value is -2.04. The number of hydrogen-bond donors (Lipinski definition) is 1. The second-order valence-corrected chi connectivity index (χ2v) is 4.10. The maximum atomic E-state index is 13.7. The monoisotopic (exact) mass is 246 g/mol. The molecule has 0 spiro atoms. The molecule has 2 rings (SSSR count). The molecule has 0 bridgehead atoms. The van der Waals surface area contributed by atoms with E-state index in [0.29, 0.717) is 28.5 Å². The van der Waals surface area contributed by atoms with Crippen molar-refractivity contribution in [3.8, 4) is 11.3 Å². The van der Waals surface area contributed by atoms with Crippen molar-refractivity contribution >= 4 is 5.82 Å². The molecule has 5 heteroatoms. The quantitative estimate of drug-likeness (QED) is 0.903. The van der Waals surface area contributed by atoms with Crippen LogP contribution in [-0.2, 0) is 6.42 Å². The van der Waals surface area contributed by atoms with Crippen molar-refractivity contribution in [3.63, 3.8) is 0 Å². The van der Waals surface area contributed by atoms with Crippen LogP contribution in [0.1, 0.15) is 24.7 Å². The molecule has 2 heterocycles. The van der Waals surface area contributed by atoms with E-state index >= 15 is 0 Å². The zero-order valence-corrected chi connectivity index (χ0v) is 10.4. The minimum atomic E-state index is -0.402. The summed E-state index contributed by atoms with van der Waals surface area (Å²) in [6.07, 6.45) is 4.35. The first-order chi connectivity index (χ1) is 8.63. The van der Waals surface area contributed by atoms with E-state index in [4.69, 9.17) is 5.73 Å². The van der Waals surface area contributed by atoms with Gasteiger partial charge in [0, 0.05) is 23.7 Å². The Morgan fingerprint density at radius 2 is 2.11 bits per heavy atom. The lowest BCUT2D eigenvalue weighted by atomic mass is 10.1. The number of nitrogens with zero attached hydrogens (tertiary/aromatic N) is 3. The smallest absolute Gasteiger partial charge is 0.150 e. The van der Waals surface area contributed by atoms with E-state index in [2.05, 4.69) is 15.0 Å². The summed E-state index contributed by atoms with van der Waals surface area (Å²) in [6.45, 7) is 3.83. The minimum Gasteiger partial charge on any atom is -0.383 e. The van der Waals surface area contributed by atoms with E-state index in [9.17, 15) is 4.39 Å². The zero-order valence-electron chi connectivity index (χ0n) is 10.4. The number of rotatable bonds is 3. The molecule has 2 N–H and O–H groups in total. The molecule has 0 amide bonds. The predicted octanol–water partition coefficient (Wildman–Crippen LogP) is 2.52. The second kappa shape index (κ2) is 5.08. The zero-order chi connectivity index (χ0) is 13.1. The number of aromatic nitrogens is 3. The van der Waals surface area contributed by atoms with Gasteiger partial charge in [0.15, 0.2) is 5.82 Å². The summed E-state index contributed by atoms with van der Waals surface area (Å²) < 4.78 is 13.7. The first kappa shape index (κ1) is 12.4. The average molecular weight is 246 g/mol. The Morgan fingerprint density at radius 1 is 1.33 bits per heavy atom. The summed E-state index contributed by atoms with van der Waals surface area (Å²) in [5, 5.41) is 0. The lowest BCUT2D eigenvalue weighted by Gasteiger charge is -2.10. The molecule has 0 aliphatic heterocycles. The topological polar surface area (TPSA) is 64.7 Å². The molecular weight excluding hydrogens is 231 g/mol. The standard InChI is InChI=1S/C13H15FN4/c1-3-4-11-17-12(8(2)13(15)18-11)9-5-6-16-7-10(9)14/h5-7H,3-4H2,1-2H3,(H2,15,17,18). The Kier molecular flexibility index (Phi) is 3.50. The fourth-order valence-corrected chi connectivity index (χ4v) is 1.75. The fourth-order valence-electron chi connectivity index (χ4n) is 1.75. The van der Waals surface area contributed by atoms with Gasteiger partial charge in [0.2, 0.25) is 0 Å². The van der Waals surface area contributed by atoms with Crippen LogP contribution in [-0.4, -0.2) is 15.0 Å². The summed E-state index contributed by atoms with van der Waals surface area (Å²) in [5.41, 5.74) is 7.50. The van der Waals surface area contributed by atoms with Gasteiger partial charge in [-0.2, -0.15) is 0 Å². The van der Waals surface area contributed by atoms with Crippen molar-refractivity contribution in [1.82, 2.24) is 15.0 Å². The van der Waals surface area contributed by atoms with Gasteiger partial charge < -0.3 is 5.73 Å². The Balaban J connectivity index is 2.59. The minimum absolute atomic E-state index is 0.402. The lowest BCUT2D eigenvalue weighted by molar-refractivity contribution is 0.624. The Bertz CT molecular complexity index is 569. The van der Waals surface area contributed by atoms with Crippen molar-refractivity contribution in [2.45, 2.75) is 26.7 Å². The molecule has 0 radical (unpaired) electrons. The SMILES string of the molecule is CCCc1nc(N)c(C)c(-c2ccncc2F)n1. The molecule has 0 aliphatic rings. The van der Waals surface area contributed by atoms with Gasteiger partial charge in [-0.3, -0.25) is 4.98 Å². The Labute approximate surface area is 105 Å². The summed E-state index contributed by atoms with van der Waals surface area (Å²) in [7, 11) is 0. The van der Waals surface area contributed by atoms with Crippen LogP contribution < -0.4 is 5.73 Å². The first-order valence-corrected chi connectivity index (χ1v) is 5.86. The fraction of sp³-hybridized carbons (Fsp3) is 0.308. The van der Waals surface area contributed by atoms with Gasteiger partial charge in [0.1, 0.15) is 11.6 Å². The number of nitrogens with two attached hydrogens (primary N) is 1. The molecule has 0 saturated heterocycles. The second-order valence-electron chi connectivity index (χ2n) is 4.10. The lowest BCUT2D eigenvalue weighted by Crippen LogP contribution is -2.05. The van der Waals surface area contributed by atoms with E-state index < -0.39 is 5.82 Å². The molecule has 0 aliphatic carbocycles. The largest absolute Gasteiger partial charge is 0.383 e. The molecule has 2 aromatic heterocycles. The van der Waals surface area contributed by atoms with Crippen LogP contribution in [0.3, 0.4) is 0 Å². The molecule has 18 heavy (non-hydrogen) atoms. The van der Waals surface area contributed by atoms with Crippen LogP contribution in [0, 0.1) is 12.7 Å². The number of pyridine rings is 1. The van der Waals surface area contributed by atoms with E-state index in [-0.39, 0.29) is 0 Å². The van der Waals surface area contributed by atoms with Crippen LogP contribution in [0.25, 0.3) is 11.3 Å². The molecule has 0 unspecified atom stereocenters. The summed E-state index contributed by atoms with van der Waals surface area (Å²) in [5.74, 6) is 0.646. The van der Waals surface area contributed by atoms with Gasteiger partial charge >= 0.3 is 0 Å². The van der Waals surface area contributed by atoms with Crippen molar-refractivity contribution in [2.24, 2.45) is 0 Å². The van der Waals surface area contributed by atoms with E-state index in [0.717, 1.165) is 12.8 Å². The highest BCUT2D eigenvalue weighted by Gasteiger charge is 2.13. The summed E-state index contributed by atoms with van der Waals surface area (Å²) in [4.78, 5) is 12.3. The molecule has 4 nitrogen and oxygen atoms in total. The number of halogens is 1. The predicted molar refractivity (Wildman–Crippen MR) is 68.4 cm³/mol. The summed E-state index contributed by atoms with van der Waals surface area (Å²) >= 11 is 0. The highest BCUT2D eigenvalue weighted by atomic mass is 19.1. The highest BCUT2D eigenvalue weighted by Crippen LogP contribution is 2.26. The number of anilines is 1. The van der Waals surface area contributed by atoms with E-state index in [1.165, 1.54) is 12.4 Å². The van der Waals surface area contributed by atoms with Crippen LogP contribution in [0.15, 0.2) is 18.5 Å². The first-order valence-electron chi connectivity index (χ1n) is 5.86. The third kappa shape index (κ3) is 2.30. The van der Waals surface area contributed by atoms with Crippen molar-refractivity contribution in [1.29, 1.82) is 0 Å². The van der Waals surface area contributed by atoms with Gasteiger partial charge in [-0.05, 0) is 19.4 Å². The van der Waals surface area contributed by atoms with Gasteiger partial charge in [-0.25, -0.2) is 14.4 Å². The molecular formula is C13H15FN4.